The van der Waals surface area contributed by atoms with Gasteiger partial charge in [0.2, 0.25) is 0 Å². The standard InChI is InChI=1S/C3H8N2O3S.ClH/c1-5(2)3(6)4-9(7)8;/h1-2H3,(H,4,6)(H,7,8);1H/p-1. The van der Waals surface area contributed by atoms with E-state index in [2.05, 4.69) is 0 Å². The third kappa shape index (κ3) is 5.80. The summed E-state index contributed by atoms with van der Waals surface area (Å²) in [7, 11) is 2.89. The van der Waals surface area contributed by atoms with Gasteiger partial charge in [0.25, 0.3) is 0 Å². The summed E-state index contributed by atoms with van der Waals surface area (Å²) in [6.45, 7) is 0. The molecule has 7 heteroatoms. The lowest BCUT2D eigenvalue weighted by atomic mass is 10.9. The van der Waals surface area contributed by atoms with Crippen LogP contribution in [0.15, 0.2) is 0 Å². The monoisotopic (exact) mass is 187 g/mol. The Morgan fingerprint density at radius 3 is 2.10 bits per heavy atom. The van der Waals surface area contributed by atoms with Gasteiger partial charge in [0, 0.05) is 25.4 Å². The van der Waals surface area contributed by atoms with Crippen molar-refractivity contribution in [2.75, 3.05) is 14.1 Å². The van der Waals surface area contributed by atoms with Gasteiger partial charge in [-0.2, -0.15) is 0 Å². The first-order valence-corrected chi connectivity index (χ1v) is 3.18. The van der Waals surface area contributed by atoms with Crippen LogP contribution in [0.4, 0.5) is 4.79 Å². The molecule has 1 atom stereocenters. The van der Waals surface area contributed by atoms with Crippen molar-refractivity contribution in [3.05, 3.63) is 0 Å². The maximum atomic E-state index is 10.4. The van der Waals surface area contributed by atoms with Gasteiger partial charge in [0.05, 0.1) is 0 Å². The van der Waals surface area contributed by atoms with Crippen molar-refractivity contribution in [2.45, 2.75) is 0 Å². The third-order valence-corrected chi connectivity index (χ3v) is 0.918. The summed E-state index contributed by atoms with van der Waals surface area (Å²) in [5.74, 6) is 0. The molecule has 1 unspecified atom stereocenters. The van der Waals surface area contributed by atoms with Gasteiger partial charge in [-0.05, 0) is 0 Å². The summed E-state index contributed by atoms with van der Waals surface area (Å²) >= 11 is -2.51. The first-order valence-electron chi connectivity index (χ1n) is 2.11. The number of hydrogen-bond acceptors (Lipinski definition) is 3. The number of rotatable bonds is 1. The van der Waals surface area contributed by atoms with Crippen LogP contribution < -0.4 is 4.72 Å². The second-order valence-corrected chi connectivity index (χ2v) is 2.21. The minimum absolute atomic E-state index is 0. The first kappa shape index (κ1) is 12.4. The summed E-state index contributed by atoms with van der Waals surface area (Å²) in [4.78, 5) is 11.5. The number of nitrogens with one attached hydrogen (secondary N) is 1. The molecule has 2 amide bonds. The molecule has 5 nitrogen and oxygen atoms in total. The van der Waals surface area contributed by atoms with Gasteiger partial charge in [0.15, 0.2) is 0 Å². The lowest BCUT2D eigenvalue weighted by Gasteiger charge is -2.12. The van der Waals surface area contributed by atoms with Crippen LogP contribution in [0.5, 0.6) is 0 Å². The molecule has 0 aliphatic rings. The highest BCUT2D eigenvalue weighted by Crippen LogP contribution is 1.75. The molecular weight excluding hydrogens is 180 g/mol. The molecule has 0 aromatic rings. The Labute approximate surface area is 67.6 Å². The molecule has 0 saturated carbocycles. The number of urea groups is 1. The van der Waals surface area contributed by atoms with E-state index in [0.29, 0.717) is 0 Å². The molecule has 0 aromatic carbocycles. The zero-order valence-corrected chi connectivity index (χ0v) is 7.12. The molecule has 0 heterocycles. The van der Waals surface area contributed by atoms with Crippen molar-refractivity contribution in [3.8, 4) is 0 Å². The summed E-state index contributed by atoms with van der Waals surface area (Å²) in [6.07, 6.45) is 0. The smallest absolute Gasteiger partial charge is 0.327 e. The van der Waals surface area contributed by atoms with Gasteiger partial charge < -0.3 is 9.45 Å². The van der Waals surface area contributed by atoms with Gasteiger partial charge in [-0.3, -0.25) is 8.93 Å². The predicted molar refractivity (Wildman–Crippen MR) is 38.4 cm³/mol. The molecular formula is C3H8ClN2O3S-. The maximum Gasteiger partial charge on any atom is 0.327 e. The van der Waals surface area contributed by atoms with Crippen molar-refractivity contribution in [1.29, 1.82) is 0 Å². The Bertz CT molecular complexity index is 140. The van der Waals surface area contributed by atoms with Gasteiger partial charge in [-0.15, -0.1) is 12.4 Å². The fraction of sp³-hybridized carbons (Fsp3) is 0.667. The number of carbonyl (C=O) groups is 1. The molecule has 0 aliphatic heterocycles. The summed E-state index contributed by atoms with van der Waals surface area (Å²) in [5.41, 5.74) is 0. The van der Waals surface area contributed by atoms with Crippen LogP contribution >= 0.6 is 12.4 Å². The Morgan fingerprint density at radius 1 is 1.60 bits per heavy atom. The van der Waals surface area contributed by atoms with E-state index < -0.39 is 17.3 Å². The summed E-state index contributed by atoms with van der Waals surface area (Å²) in [5, 5.41) is 0. The Hall–Kier alpha value is -0.330. The molecule has 0 rings (SSSR count). The molecule has 0 fully saturated rings. The average Bonchev–Trinajstić information content (AvgIpc) is 1.63. The Morgan fingerprint density at radius 2 is 2.00 bits per heavy atom. The van der Waals surface area contributed by atoms with Crippen molar-refractivity contribution in [1.82, 2.24) is 9.62 Å². The molecule has 62 valence electrons. The van der Waals surface area contributed by atoms with Crippen LogP contribution in [-0.2, 0) is 11.3 Å². The second-order valence-electron chi connectivity index (χ2n) is 1.54. The minimum atomic E-state index is -2.51. The molecule has 10 heavy (non-hydrogen) atoms. The van der Waals surface area contributed by atoms with Gasteiger partial charge >= 0.3 is 6.03 Å². The fourth-order valence-electron chi connectivity index (χ4n) is 0.163. The topological polar surface area (TPSA) is 72.5 Å². The van der Waals surface area contributed by atoms with Crippen LogP contribution in [0.25, 0.3) is 0 Å². The van der Waals surface area contributed by atoms with E-state index in [0.717, 1.165) is 4.90 Å². The number of nitrogens with zero attached hydrogens (tertiary/aromatic N) is 1. The lowest BCUT2D eigenvalue weighted by Crippen LogP contribution is -2.35. The molecule has 0 bridgehead atoms. The van der Waals surface area contributed by atoms with E-state index in [1.807, 2.05) is 0 Å². The van der Waals surface area contributed by atoms with Crippen LogP contribution in [0.1, 0.15) is 0 Å². The van der Waals surface area contributed by atoms with Crippen LogP contribution in [0, 0.1) is 0 Å². The number of hydrogen-bond donors (Lipinski definition) is 1. The van der Waals surface area contributed by atoms with Crippen LogP contribution in [0.2, 0.25) is 0 Å². The zero-order valence-electron chi connectivity index (χ0n) is 5.49. The van der Waals surface area contributed by atoms with Gasteiger partial charge in [-0.1, -0.05) is 0 Å². The van der Waals surface area contributed by atoms with E-state index in [1.54, 1.807) is 4.72 Å². The highest BCUT2D eigenvalue weighted by Gasteiger charge is 1.99. The highest BCUT2D eigenvalue weighted by atomic mass is 35.5. The number of halogens is 1. The van der Waals surface area contributed by atoms with E-state index in [1.165, 1.54) is 14.1 Å². The van der Waals surface area contributed by atoms with Crippen molar-refractivity contribution in [2.24, 2.45) is 0 Å². The molecule has 0 aliphatic carbocycles. The van der Waals surface area contributed by atoms with E-state index in [4.69, 9.17) is 0 Å². The van der Waals surface area contributed by atoms with Crippen molar-refractivity contribution >= 4 is 29.7 Å². The van der Waals surface area contributed by atoms with Gasteiger partial charge in [-0.25, -0.2) is 4.79 Å². The Balaban J connectivity index is 0. The summed E-state index contributed by atoms with van der Waals surface area (Å²) < 4.78 is 21.2. The fourth-order valence-corrected chi connectivity index (χ4v) is 0.488. The predicted octanol–water partition coefficient (Wildman–Crippen LogP) is -0.526. The van der Waals surface area contributed by atoms with Gasteiger partial charge in [0.1, 0.15) is 0 Å². The molecule has 0 radical (unpaired) electrons. The zero-order chi connectivity index (χ0) is 7.44. The molecule has 1 N–H and O–H groups in total. The van der Waals surface area contributed by atoms with E-state index >= 15 is 0 Å². The van der Waals surface area contributed by atoms with Crippen LogP contribution in [-0.4, -0.2) is 33.8 Å². The second kappa shape index (κ2) is 5.45. The van der Waals surface area contributed by atoms with E-state index in [-0.39, 0.29) is 12.4 Å². The number of amides is 2. The lowest BCUT2D eigenvalue weighted by molar-refractivity contribution is 0.223. The highest BCUT2D eigenvalue weighted by molar-refractivity contribution is 7.77. The minimum Gasteiger partial charge on any atom is -0.755 e. The SMILES string of the molecule is CN(C)C(=O)NS(=O)[O-].Cl. The maximum absolute atomic E-state index is 10.4. The number of carbonyl (C=O) groups excluding carboxylic acids is 1. The first-order chi connectivity index (χ1) is 4.04. The largest absolute Gasteiger partial charge is 0.755 e. The molecule has 0 spiro atoms. The van der Waals surface area contributed by atoms with E-state index in [9.17, 15) is 13.6 Å². The normalized spacial score (nSPS) is 11.1. The van der Waals surface area contributed by atoms with Crippen LogP contribution in [0.3, 0.4) is 0 Å². The third-order valence-electron chi connectivity index (χ3n) is 0.577. The Kier molecular flexibility index (Phi) is 6.74. The quantitative estimate of drug-likeness (QED) is 0.561. The molecule has 0 saturated heterocycles. The average molecular weight is 188 g/mol. The molecule has 0 aromatic heterocycles. The summed E-state index contributed by atoms with van der Waals surface area (Å²) in [6, 6.07) is -0.650. The van der Waals surface area contributed by atoms with Crippen molar-refractivity contribution in [3.63, 3.8) is 0 Å². The van der Waals surface area contributed by atoms with Crippen molar-refractivity contribution < 1.29 is 13.6 Å².